The second-order valence-corrected chi connectivity index (χ2v) is 14.2. The molecule has 0 unspecified atom stereocenters. The molecule has 10 aromatic carbocycles. The van der Waals surface area contributed by atoms with E-state index in [9.17, 15) is 0 Å². The SMILES string of the molecule is c1ccc(-c2ccc(N(c3ccc(-c4ccc5ccccc5c4)cc3)c3cccc(-c4ccc5ccccc5c4)c3-c3ccc4ccccc4c3)cc2)cc1. The minimum atomic E-state index is 1.09. The van der Waals surface area contributed by atoms with E-state index in [1.54, 1.807) is 0 Å². The molecule has 0 spiro atoms. The molecule has 0 fully saturated rings. The molecule has 0 N–H and O–H groups in total. The van der Waals surface area contributed by atoms with E-state index >= 15 is 0 Å². The molecule has 0 amide bonds. The Morgan fingerprint density at radius 2 is 0.636 bits per heavy atom. The first-order valence-electron chi connectivity index (χ1n) is 18.9. The maximum absolute atomic E-state index is 2.42. The molecule has 1 nitrogen and oxygen atoms in total. The molecule has 1 heteroatoms. The highest BCUT2D eigenvalue weighted by Crippen LogP contribution is 2.47. The third kappa shape index (κ3) is 6.22. The molecule has 0 radical (unpaired) electrons. The Bertz CT molecular complexity index is 2960. The summed E-state index contributed by atoms with van der Waals surface area (Å²) >= 11 is 0. The Kier molecular flexibility index (Phi) is 8.24. The first-order chi connectivity index (χ1) is 27.2. The van der Waals surface area contributed by atoms with E-state index in [2.05, 4.69) is 229 Å². The van der Waals surface area contributed by atoms with E-state index in [0.29, 0.717) is 0 Å². The second kappa shape index (κ2) is 14.0. The maximum atomic E-state index is 2.42. The van der Waals surface area contributed by atoms with Gasteiger partial charge in [0.2, 0.25) is 0 Å². The molecular weight excluding hydrogens is 663 g/mol. The fourth-order valence-corrected chi connectivity index (χ4v) is 8.00. The first kappa shape index (κ1) is 32.4. The fraction of sp³-hybridized carbons (Fsp3) is 0. The summed E-state index contributed by atoms with van der Waals surface area (Å²) in [6.07, 6.45) is 0. The monoisotopic (exact) mass is 699 g/mol. The van der Waals surface area contributed by atoms with Crippen molar-refractivity contribution in [3.63, 3.8) is 0 Å². The van der Waals surface area contributed by atoms with Crippen molar-refractivity contribution in [1.82, 2.24) is 0 Å². The van der Waals surface area contributed by atoms with Crippen LogP contribution in [0, 0.1) is 0 Å². The molecule has 258 valence electrons. The lowest BCUT2D eigenvalue weighted by Crippen LogP contribution is -2.11. The molecule has 0 aliphatic heterocycles. The summed E-state index contributed by atoms with van der Waals surface area (Å²) in [6, 6.07) is 81.7. The molecule has 0 heterocycles. The first-order valence-corrected chi connectivity index (χ1v) is 18.9. The molecule has 0 bridgehead atoms. The lowest BCUT2D eigenvalue weighted by molar-refractivity contribution is 1.28. The van der Waals surface area contributed by atoms with Crippen LogP contribution in [0.1, 0.15) is 0 Å². The molecule has 0 aliphatic rings. The lowest BCUT2D eigenvalue weighted by Gasteiger charge is -2.29. The van der Waals surface area contributed by atoms with Crippen LogP contribution < -0.4 is 4.90 Å². The van der Waals surface area contributed by atoms with Crippen molar-refractivity contribution >= 4 is 49.4 Å². The fourth-order valence-electron chi connectivity index (χ4n) is 8.00. The maximum Gasteiger partial charge on any atom is 0.0546 e. The molecule has 10 aromatic rings. The zero-order chi connectivity index (χ0) is 36.6. The zero-order valence-electron chi connectivity index (χ0n) is 30.3. The van der Waals surface area contributed by atoms with Crippen LogP contribution in [0.3, 0.4) is 0 Å². The lowest BCUT2D eigenvalue weighted by atomic mass is 9.90. The Hall–Kier alpha value is -7.22. The van der Waals surface area contributed by atoms with Crippen molar-refractivity contribution in [2.45, 2.75) is 0 Å². The van der Waals surface area contributed by atoms with Gasteiger partial charge in [-0.25, -0.2) is 0 Å². The minimum absolute atomic E-state index is 1.09. The van der Waals surface area contributed by atoms with Gasteiger partial charge in [0.1, 0.15) is 0 Å². The van der Waals surface area contributed by atoms with Gasteiger partial charge in [0, 0.05) is 16.9 Å². The quantitative estimate of drug-likeness (QED) is 0.160. The summed E-state index contributed by atoms with van der Waals surface area (Å²) < 4.78 is 0. The van der Waals surface area contributed by atoms with Gasteiger partial charge in [-0.3, -0.25) is 0 Å². The van der Waals surface area contributed by atoms with Crippen molar-refractivity contribution in [3.05, 3.63) is 224 Å². The average molecular weight is 700 g/mol. The molecular formula is C54H37N. The van der Waals surface area contributed by atoms with Crippen LogP contribution in [-0.2, 0) is 0 Å². The zero-order valence-corrected chi connectivity index (χ0v) is 30.3. The largest absolute Gasteiger partial charge is 0.310 e. The summed E-state index contributed by atoms with van der Waals surface area (Å²) in [5.74, 6) is 0. The molecule has 0 saturated carbocycles. The van der Waals surface area contributed by atoms with Crippen LogP contribution in [0.25, 0.3) is 76.8 Å². The van der Waals surface area contributed by atoms with Gasteiger partial charge in [-0.15, -0.1) is 0 Å². The summed E-state index contributed by atoms with van der Waals surface area (Å²) in [7, 11) is 0. The summed E-state index contributed by atoms with van der Waals surface area (Å²) in [5, 5.41) is 7.41. The van der Waals surface area contributed by atoms with Gasteiger partial charge in [0.15, 0.2) is 0 Å². The minimum Gasteiger partial charge on any atom is -0.310 e. The van der Waals surface area contributed by atoms with E-state index in [1.807, 2.05) is 0 Å². The van der Waals surface area contributed by atoms with Gasteiger partial charge in [-0.05, 0) is 120 Å². The van der Waals surface area contributed by atoms with Gasteiger partial charge in [0.05, 0.1) is 5.69 Å². The van der Waals surface area contributed by atoms with E-state index < -0.39 is 0 Å². The molecule has 0 aromatic heterocycles. The van der Waals surface area contributed by atoms with Gasteiger partial charge in [-0.1, -0.05) is 176 Å². The summed E-state index contributed by atoms with van der Waals surface area (Å²) in [5.41, 5.74) is 12.8. The van der Waals surface area contributed by atoms with Crippen molar-refractivity contribution < 1.29 is 0 Å². The summed E-state index contributed by atoms with van der Waals surface area (Å²) in [4.78, 5) is 2.42. The average Bonchev–Trinajstić information content (AvgIpc) is 3.26. The van der Waals surface area contributed by atoms with E-state index in [4.69, 9.17) is 0 Å². The smallest absolute Gasteiger partial charge is 0.0546 e. The summed E-state index contributed by atoms with van der Waals surface area (Å²) in [6.45, 7) is 0. The van der Waals surface area contributed by atoms with Crippen LogP contribution in [0.5, 0.6) is 0 Å². The number of benzene rings is 10. The predicted octanol–water partition coefficient (Wildman–Crippen LogP) is 15.3. The van der Waals surface area contributed by atoms with E-state index in [-0.39, 0.29) is 0 Å². The number of hydrogen-bond donors (Lipinski definition) is 0. The van der Waals surface area contributed by atoms with Gasteiger partial charge < -0.3 is 4.90 Å². The highest BCUT2D eigenvalue weighted by atomic mass is 15.1. The van der Waals surface area contributed by atoms with Crippen LogP contribution in [0.15, 0.2) is 224 Å². The number of rotatable bonds is 7. The third-order valence-corrected chi connectivity index (χ3v) is 10.8. The van der Waals surface area contributed by atoms with E-state index in [0.717, 1.165) is 17.1 Å². The van der Waals surface area contributed by atoms with Gasteiger partial charge in [-0.2, -0.15) is 0 Å². The van der Waals surface area contributed by atoms with Gasteiger partial charge in [0.25, 0.3) is 0 Å². The van der Waals surface area contributed by atoms with Crippen LogP contribution >= 0.6 is 0 Å². The second-order valence-electron chi connectivity index (χ2n) is 14.2. The third-order valence-electron chi connectivity index (χ3n) is 10.8. The number of hydrogen-bond acceptors (Lipinski definition) is 1. The molecule has 10 rings (SSSR count). The van der Waals surface area contributed by atoms with Crippen LogP contribution in [0.4, 0.5) is 17.1 Å². The molecule has 0 aliphatic carbocycles. The Labute approximate surface area is 322 Å². The van der Waals surface area contributed by atoms with E-state index in [1.165, 1.54) is 76.8 Å². The van der Waals surface area contributed by atoms with Gasteiger partial charge >= 0.3 is 0 Å². The Balaban J connectivity index is 1.18. The van der Waals surface area contributed by atoms with Crippen molar-refractivity contribution in [3.8, 4) is 44.5 Å². The standard InChI is InChI=1S/C54H37N/c1-2-11-38(12-3-1)42-27-31-50(32-28-42)55(51-33-29-43(30-34-51)47-24-21-39-13-4-7-16-44(39)35-47)53-20-10-19-52(48-25-22-40-14-5-8-17-45(40)36-48)54(53)49-26-23-41-15-6-9-18-46(41)37-49/h1-37H. The Morgan fingerprint density at radius 3 is 1.20 bits per heavy atom. The highest BCUT2D eigenvalue weighted by Gasteiger charge is 2.21. The van der Waals surface area contributed by atoms with Crippen molar-refractivity contribution in [1.29, 1.82) is 0 Å². The molecule has 0 atom stereocenters. The topological polar surface area (TPSA) is 3.24 Å². The van der Waals surface area contributed by atoms with Crippen molar-refractivity contribution in [2.24, 2.45) is 0 Å². The predicted molar refractivity (Wildman–Crippen MR) is 235 cm³/mol. The van der Waals surface area contributed by atoms with Crippen molar-refractivity contribution in [2.75, 3.05) is 4.90 Å². The number of anilines is 3. The Morgan fingerprint density at radius 1 is 0.236 bits per heavy atom. The normalized spacial score (nSPS) is 11.3. The number of fused-ring (bicyclic) bond motifs is 3. The van der Waals surface area contributed by atoms with Crippen LogP contribution in [0.2, 0.25) is 0 Å². The van der Waals surface area contributed by atoms with Crippen LogP contribution in [-0.4, -0.2) is 0 Å². The number of nitrogens with zero attached hydrogens (tertiary/aromatic N) is 1. The molecule has 55 heavy (non-hydrogen) atoms. The highest BCUT2D eigenvalue weighted by molar-refractivity contribution is 6.01. The molecule has 0 saturated heterocycles.